The van der Waals surface area contributed by atoms with E-state index in [9.17, 15) is 18.4 Å². The average molecular weight is 448 g/mol. The Hall–Kier alpha value is -4.00. The first-order valence-electron chi connectivity index (χ1n) is 10.6. The second-order valence-corrected chi connectivity index (χ2v) is 7.58. The number of benzene rings is 3. The minimum Gasteiger partial charge on any atom is -0.494 e. The molecule has 168 valence electrons. The number of hydrogen-bond acceptors (Lipinski definition) is 4. The van der Waals surface area contributed by atoms with Gasteiger partial charge in [-0.05, 0) is 53.9 Å². The number of carbonyl (C=O) groups is 2. The molecule has 7 heteroatoms. The molecule has 1 aliphatic rings. The third-order valence-electron chi connectivity index (χ3n) is 5.13. The normalized spacial score (nSPS) is 13.6. The summed E-state index contributed by atoms with van der Waals surface area (Å²) in [5, 5.41) is 3.06. The molecule has 0 radical (unpaired) electrons. The first-order valence-corrected chi connectivity index (χ1v) is 10.6. The smallest absolute Gasteiger partial charge is 0.278 e. The number of anilines is 1. The molecule has 0 bridgehead atoms. The van der Waals surface area contributed by atoms with E-state index in [2.05, 4.69) is 5.32 Å². The van der Waals surface area contributed by atoms with Gasteiger partial charge in [-0.15, -0.1) is 0 Å². The van der Waals surface area contributed by atoms with Crippen molar-refractivity contribution in [3.8, 4) is 5.75 Å². The number of amides is 2. The molecule has 2 amide bonds. The fourth-order valence-electron chi connectivity index (χ4n) is 3.52. The molecule has 1 aliphatic heterocycles. The van der Waals surface area contributed by atoms with E-state index >= 15 is 0 Å². The molecule has 5 nitrogen and oxygen atoms in total. The summed E-state index contributed by atoms with van der Waals surface area (Å²) in [7, 11) is 0. The molecule has 0 spiro atoms. The first kappa shape index (κ1) is 22.2. The van der Waals surface area contributed by atoms with Crippen molar-refractivity contribution in [2.75, 3.05) is 11.9 Å². The number of hydrogen-bond donors (Lipinski definition) is 1. The van der Waals surface area contributed by atoms with Gasteiger partial charge in [0.15, 0.2) is 0 Å². The number of nitrogens with zero attached hydrogens (tertiary/aromatic N) is 1. The van der Waals surface area contributed by atoms with Crippen LogP contribution in [0.25, 0.3) is 5.57 Å². The van der Waals surface area contributed by atoms with Crippen LogP contribution in [0.5, 0.6) is 5.75 Å². The Labute approximate surface area is 190 Å². The quantitative estimate of drug-likeness (QED) is 0.485. The van der Waals surface area contributed by atoms with Crippen LogP contribution in [0.1, 0.15) is 24.5 Å². The third kappa shape index (κ3) is 4.92. The molecule has 1 heterocycles. The Bertz CT molecular complexity index is 1200. The van der Waals surface area contributed by atoms with Gasteiger partial charge in [0.1, 0.15) is 23.1 Å². The topological polar surface area (TPSA) is 58.6 Å². The Morgan fingerprint density at radius 2 is 1.55 bits per heavy atom. The number of halogens is 2. The molecule has 0 aliphatic carbocycles. The minimum absolute atomic E-state index is 0.0204. The molecular formula is C26H22F2N2O3. The zero-order valence-corrected chi connectivity index (χ0v) is 18.0. The zero-order chi connectivity index (χ0) is 23.4. The van der Waals surface area contributed by atoms with Crippen LogP contribution in [-0.2, 0) is 16.1 Å². The maximum atomic E-state index is 13.5. The number of nitrogens with one attached hydrogen (secondary N) is 1. The van der Waals surface area contributed by atoms with Crippen molar-refractivity contribution in [1.82, 2.24) is 4.90 Å². The monoisotopic (exact) mass is 448 g/mol. The first-order chi connectivity index (χ1) is 16.0. The lowest BCUT2D eigenvalue weighted by atomic mass is 10.0. The molecule has 1 N–H and O–H groups in total. The van der Waals surface area contributed by atoms with Crippen molar-refractivity contribution < 1.29 is 23.1 Å². The Balaban J connectivity index is 1.69. The zero-order valence-electron chi connectivity index (χ0n) is 18.0. The number of ether oxygens (including phenoxy) is 1. The SMILES string of the molecule is CCCOc1cccc(NC2=C(c3ccc(F)cc3)C(=O)N(Cc3ccc(F)cc3)C2=O)c1. The van der Waals surface area contributed by atoms with Gasteiger partial charge < -0.3 is 10.1 Å². The van der Waals surface area contributed by atoms with Crippen molar-refractivity contribution in [3.05, 3.63) is 101 Å². The fraction of sp³-hybridized carbons (Fsp3) is 0.154. The summed E-state index contributed by atoms with van der Waals surface area (Å²) in [4.78, 5) is 27.7. The summed E-state index contributed by atoms with van der Waals surface area (Å²) in [5.41, 5.74) is 1.82. The lowest BCUT2D eigenvalue weighted by Gasteiger charge is -2.15. The van der Waals surface area contributed by atoms with Gasteiger partial charge >= 0.3 is 0 Å². The summed E-state index contributed by atoms with van der Waals surface area (Å²) in [6.45, 7) is 2.53. The van der Waals surface area contributed by atoms with E-state index in [0.717, 1.165) is 11.3 Å². The minimum atomic E-state index is -0.525. The highest BCUT2D eigenvalue weighted by atomic mass is 19.1. The molecule has 0 aromatic heterocycles. The Morgan fingerprint density at radius 3 is 2.21 bits per heavy atom. The molecule has 33 heavy (non-hydrogen) atoms. The number of rotatable bonds is 8. The number of carbonyl (C=O) groups excluding carboxylic acids is 2. The second kappa shape index (κ2) is 9.65. The summed E-state index contributed by atoms with van der Waals surface area (Å²) in [6, 6.07) is 18.1. The average Bonchev–Trinajstić information content (AvgIpc) is 3.04. The van der Waals surface area contributed by atoms with Crippen LogP contribution >= 0.6 is 0 Å². The van der Waals surface area contributed by atoms with E-state index in [4.69, 9.17) is 4.74 Å². The fourth-order valence-corrected chi connectivity index (χ4v) is 3.52. The van der Waals surface area contributed by atoms with Crippen LogP contribution in [-0.4, -0.2) is 23.3 Å². The highest BCUT2D eigenvalue weighted by molar-refractivity contribution is 6.36. The van der Waals surface area contributed by atoms with Gasteiger partial charge in [-0.1, -0.05) is 37.3 Å². The highest BCUT2D eigenvalue weighted by Crippen LogP contribution is 2.32. The van der Waals surface area contributed by atoms with Gasteiger partial charge in [0, 0.05) is 11.8 Å². The van der Waals surface area contributed by atoms with E-state index in [1.54, 1.807) is 24.3 Å². The molecule has 0 atom stereocenters. The molecule has 3 aromatic rings. The molecule has 4 rings (SSSR count). The van der Waals surface area contributed by atoms with Crippen molar-refractivity contribution in [2.45, 2.75) is 19.9 Å². The highest BCUT2D eigenvalue weighted by Gasteiger charge is 2.39. The van der Waals surface area contributed by atoms with E-state index in [-0.39, 0.29) is 17.8 Å². The largest absolute Gasteiger partial charge is 0.494 e. The standard InChI is InChI=1S/C26H22F2N2O3/c1-2-14-33-22-5-3-4-21(15-22)29-24-23(18-8-12-20(28)13-9-18)25(31)30(26(24)32)16-17-6-10-19(27)11-7-17/h3-13,15,29H,2,14,16H2,1H3. The van der Waals surface area contributed by atoms with Crippen molar-refractivity contribution >= 4 is 23.1 Å². The van der Waals surface area contributed by atoms with Gasteiger partial charge in [-0.25, -0.2) is 8.78 Å². The maximum Gasteiger partial charge on any atom is 0.278 e. The van der Waals surface area contributed by atoms with Crippen LogP contribution in [0, 0.1) is 11.6 Å². The van der Waals surface area contributed by atoms with Crippen LogP contribution in [0.4, 0.5) is 14.5 Å². The summed E-state index contributed by atoms with van der Waals surface area (Å²) >= 11 is 0. The Kier molecular flexibility index (Phi) is 6.49. The summed E-state index contributed by atoms with van der Waals surface area (Å²) < 4.78 is 32.4. The van der Waals surface area contributed by atoms with Gasteiger partial charge in [-0.3, -0.25) is 14.5 Å². The molecule has 0 saturated heterocycles. The maximum absolute atomic E-state index is 13.5. The third-order valence-corrected chi connectivity index (χ3v) is 5.13. The molecular weight excluding hydrogens is 426 g/mol. The predicted molar refractivity (Wildman–Crippen MR) is 121 cm³/mol. The van der Waals surface area contributed by atoms with Crippen LogP contribution < -0.4 is 10.1 Å². The van der Waals surface area contributed by atoms with Gasteiger partial charge in [0.05, 0.1) is 18.7 Å². The second-order valence-electron chi connectivity index (χ2n) is 7.58. The van der Waals surface area contributed by atoms with Gasteiger partial charge in [-0.2, -0.15) is 0 Å². The molecule has 3 aromatic carbocycles. The van der Waals surface area contributed by atoms with E-state index in [1.807, 2.05) is 6.92 Å². The van der Waals surface area contributed by atoms with Crippen molar-refractivity contribution in [3.63, 3.8) is 0 Å². The van der Waals surface area contributed by atoms with Crippen LogP contribution in [0.15, 0.2) is 78.5 Å². The molecule has 0 fully saturated rings. The molecule has 0 unspecified atom stereocenters. The lowest BCUT2D eigenvalue weighted by Crippen LogP contribution is -2.32. The van der Waals surface area contributed by atoms with E-state index in [1.165, 1.54) is 48.5 Å². The van der Waals surface area contributed by atoms with Crippen molar-refractivity contribution in [2.24, 2.45) is 0 Å². The van der Waals surface area contributed by atoms with E-state index < -0.39 is 23.4 Å². The van der Waals surface area contributed by atoms with Crippen LogP contribution in [0.2, 0.25) is 0 Å². The lowest BCUT2D eigenvalue weighted by molar-refractivity contribution is -0.137. The van der Waals surface area contributed by atoms with E-state index in [0.29, 0.717) is 29.2 Å². The van der Waals surface area contributed by atoms with Gasteiger partial charge in [0.2, 0.25) is 0 Å². The summed E-state index contributed by atoms with van der Waals surface area (Å²) in [6.07, 6.45) is 0.850. The van der Waals surface area contributed by atoms with Gasteiger partial charge in [0.25, 0.3) is 11.8 Å². The van der Waals surface area contributed by atoms with Crippen LogP contribution in [0.3, 0.4) is 0 Å². The molecule has 0 saturated carbocycles. The van der Waals surface area contributed by atoms with Crippen molar-refractivity contribution in [1.29, 1.82) is 0 Å². The predicted octanol–water partition coefficient (Wildman–Crippen LogP) is 5.15. The number of imide groups is 1. The summed E-state index contributed by atoms with van der Waals surface area (Å²) in [5.74, 6) is -1.27. The Morgan fingerprint density at radius 1 is 0.879 bits per heavy atom.